The van der Waals surface area contributed by atoms with Crippen molar-refractivity contribution in [2.24, 2.45) is 11.1 Å². The van der Waals surface area contributed by atoms with Crippen LogP contribution in [0.4, 0.5) is 0 Å². The van der Waals surface area contributed by atoms with Gasteiger partial charge in [-0.1, -0.05) is 69.2 Å². The predicted molar refractivity (Wildman–Crippen MR) is 85.5 cm³/mol. The maximum atomic E-state index is 6.54. The topological polar surface area (TPSA) is 26.0 Å². The van der Waals surface area contributed by atoms with E-state index < -0.39 is 0 Å². The molecule has 1 saturated carbocycles. The average molecular weight is 259 g/mol. The van der Waals surface area contributed by atoms with Crippen molar-refractivity contribution >= 4 is 0 Å². The Bertz CT molecular complexity index is 464. The Hall–Kier alpha value is -1.08. The normalized spacial score (nSPS) is 27.3. The summed E-state index contributed by atoms with van der Waals surface area (Å²) in [6, 6.07) is 6.73. The predicted octanol–water partition coefficient (Wildman–Crippen LogP) is 4.73. The molecule has 2 rings (SSSR count). The van der Waals surface area contributed by atoms with Crippen LogP contribution >= 0.6 is 0 Å². The first kappa shape index (κ1) is 16.0. The summed E-state index contributed by atoms with van der Waals surface area (Å²) in [5.74, 6) is 0.395. The molecule has 0 spiro atoms. The molecule has 1 aliphatic carbocycles. The Morgan fingerprint density at radius 1 is 1.11 bits per heavy atom. The Kier molecular flexibility index (Phi) is 4.31. The average Bonchev–Trinajstić information content (AvgIpc) is 2.76. The fraction of sp³-hybridized carbons (Fsp3) is 0.556. The third-order valence-electron chi connectivity index (χ3n) is 4.44. The van der Waals surface area contributed by atoms with E-state index in [1.54, 1.807) is 0 Å². The summed E-state index contributed by atoms with van der Waals surface area (Å²) >= 11 is 0. The van der Waals surface area contributed by atoms with Crippen molar-refractivity contribution in [2.75, 3.05) is 0 Å². The number of rotatable bonds is 2. The molecule has 0 aromatic heterocycles. The fourth-order valence-electron chi connectivity index (χ4n) is 3.45. The molecule has 1 aromatic rings. The van der Waals surface area contributed by atoms with Crippen LogP contribution < -0.4 is 5.73 Å². The van der Waals surface area contributed by atoms with Gasteiger partial charge in [-0.25, -0.2) is 0 Å². The van der Waals surface area contributed by atoms with Crippen molar-refractivity contribution in [3.8, 4) is 0 Å². The second-order valence-electron chi connectivity index (χ2n) is 6.23. The van der Waals surface area contributed by atoms with Gasteiger partial charge in [0.25, 0.3) is 0 Å². The van der Waals surface area contributed by atoms with E-state index in [-0.39, 0.29) is 11.0 Å². The van der Waals surface area contributed by atoms with Gasteiger partial charge in [-0.3, -0.25) is 0 Å². The standard InChI is InChI=1S/C16H23N.C2H6/c1-10(2)16(17)14(15(16,5)6)13-8-11(3)7-12(4)9-13;1-2/h7-9,14H,1,17H2,2-6H3;1-2H3/t14-,16-;/m1./s1. The first-order chi connectivity index (χ1) is 8.71. The van der Waals surface area contributed by atoms with Crippen molar-refractivity contribution in [1.82, 2.24) is 0 Å². The molecule has 19 heavy (non-hydrogen) atoms. The van der Waals surface area contributed by atoms with Crippen LogP contribution in [0.5, 0.6) is 0 Å². The fourth-order valence-corrected chi connectivity index (χ4v) is 3.45. The summed E-state index contributed by atoms with van der Waals surface area (Å²) in [6.45, 7) is 18.9. The van der Waals surface area contributed by atoms with E-state index in [1.807, 2.05) is 20.8 Å². The number of aryl methyl sites for hydroxylation is 2. The Labute approximate surface area is 118 Å². The zero-order valence-corrected chi connectivity index (χ0v) is 13.6. The van der Waals surface area contributed by atoms with E-state index in [0.29, 0.717) is 5.92 Å². The van der Waals surface area contributed by atoms with Gasteiger partial charge in [-0.05, 0) is 31.7 Å². The molecule has 0 amide bonds. The van der Waals surface area contributed by atoms with Gasteiger partial charge in [-0.2, -0.15) is 0 Å². The van der Waals surface area contributed by atoms with E-state index >= 15 is 0 Å². The first-order valence-corrected chi connectivity index (χ1v) is 7.24. The molecule has 0 radical (unpaired) electrons. The van der Waals surface area contributed by atoms with Gasteiger partial charge in [0.2, 0.25) is 0 Å². The Balaban J connectivity index is 0.000000861. The molecule has 1 nitrogen and oxygen atoms in total. The summed E-state index contributed by atoms with van der Waals surface area (Å²) in [5.41, 5.74) is 11.5. The van der Waals surface area contributed by atoms with E-state index in [4.69, 9.17) is 5.73 Å². The van der Waals surface area contributed by atoms with Crippen molar-refractivity contribution in [3.63, 3.8) is 0 Å². The SMILES string of the molecule is C=C(C)[C@@]1(N)[C@H](c2cc(C)cc(C)c2)C1(C)C.CC. The van der Waals surface area contributed by atoms with E-state index in [0.717, 1.165) is 5.57 Å². The molecule has 0 bridgehead atoms. The van der Waals surface area contributed by atoms with Gasteiger partial charge in [0, 0.05) is 11.5 Å². The minimum atomic E-state index is -0.243. The highest BCUT2D eigenvalue weighted by atomic mass is 14.9. The largest absolute Gasteiger partial charge is 0.321 e. The number of hydrogen-bond acceptors (Lipinski definition) is 1. The lowest BCUT2D eigenvalue weighted by atomic mass is 9.99. The number of hydrogen-bond donors (Lipinski definition) is 1. The third-order valence-corrected chi connectivity index (χ3v) is 4.44. The van der Waals surface area contributed by atoms with Crippen molar-refractivity contribution in [3.05, 3.63) is 47.0 Å². The van der Waals surface area contributed by atoms with Crippen molar-refractivity contribution in [2.45, 2.75) is 59.9 Å². The molecule has 0 saturated heterocycles. The van der Waals surface area contributed by atoms with Gasteiger partial charge in [0.1, 0.15) is 0 Å². The lowest BCUT2D eigenvalue weighted by Gasteiger charge is -2.14. The lowest BCUT2D eigenvalue weighted by molar-refractivity contribution is 0.539. The molecule has 0 aliphatic heterocycles. The zero-order valence-electron chi connectivity index (χ0n) is 13.6. The smallest absolute Gasteiger partial charge is 0.0497 e. The van der Waals surface area contributed by atoms with Crippen LogP contribution in [0.25, 0.3) is 0 Å². The molecule has 0 heterocycles. The number of benzene rings is 1. The van der Waals surface area contributed by atoms with Crippen LogP contribution in [0.3, 0.4) is 0 Å². The minimum Gasteiger partial charge on any atom is -0.321 e. The van der Waals surface area contributed by atoms with Crippen LogP contribution in [0.1, 0.15) is 57.2 Å². The highest BCUT2D eigenvalue weighted by molar-refractivity contribution is 5.49. The number of nitrogens with two attached hydrogens (primary N) is 1. The second kappa shape index (κ2) is 5.13. The molecule has 1 aliphatic rings. The molecule has 0 unspecified atom stereocenters. The monoisotopic (exact) mass is 259 g/mol. The summed E-state index contributed by atoms with van der Waals surface area (Å²) < 4.78 is 0. The van der Waals surface area contributed by atoms with Crippen LogP contribution in [0.2, 0.25) is 0 Å². The van der Waals surface area contributed by atoms with Crippen LogP contribution in [0.15, 0.2) is 30.4 Å². The molecule has 1 fully saturated rings. The summed E-state index contributed by atoms with van der Waals surface area (Å²) in [4.78, 5) is 0. The highest BCUT2D eigenvalue weighted by Gasteiger charge is 2.69. The quantitative estimate of drug-likeness (QED) is 0.764. The molecule has 1 heteroatoms. The van der Waals surface area contributed by atoms with Crippen molar-refractivity contribution in [1.29, 1.82) is 0 Å². The summed E-state index contributed by atoms with van der Waals surface area (Å²) in [7, 11) is 0. The van der Waals surface area contributed by atoms with Gasteiger partial charge in [0.15, 0.2) is 0 Å². The Morgan fingerprint density at radius 3 is 1.84 bits per heavy atom. The van der Waals surface area contributed by atoms with Crippen molar-refractivity contribution < 1.29 is 0 Å². The molecule has 1 aromatic carbocycles. The molecule has 2 N–H and O–H groups in total. The van der Waals surface area contributed by atoms with Gasteiger partial charge < -0.3 is 5.73 Å². The lowest BCUT2D eigenvalue weighted by Crippen LogP contribution is -2.30. The maximum Gasteiger partial charge on any atom is 0.0497 e. The second-order valence-corrected chi connectivity index (χ2v) is 6.23. The molecule has 106 valence electrons. The Morgan fingerprint density at radius 2 is 1.53 bits per heavy atom. The zero-order chi connectivity index (χ0) is 15.0. The van der Waals surface area contributed by atoms with Crippen LogP contribution in [-0.4, -0.2) is 5.54 Å². The first-order valence-electron chi connectivity index (χ1n) is 7.24. The van der Waals surface area contributed by atoms with E-state index in [9.17, 15) is 0 Å². The molecular formula is C18H29N. The third kappa shape index (κ3) is 2.36. The molecule has 2 atom stereocenters. The highest BCUT2D eigenvalue weighted by Crippen LogP contribution is 2.68. The maximum absolute atomic E-state index is 6.54. The van der Waals surface area contributed by atoms with Crippen LogP contribution in [0, 0.1) is 19.3 Å². The van der Waals surface area contributed by atoms with E-state index in [2.05, 4.69) is 52.5 Å². The van der Waals surface area contributed by atoms with Gasteiger partial charge in [-0.15, -0.1) is 0 Å². The van der Waals surface area contributed by atoms with Gasteiger partial charge in [0.05, 0.1) is 0 Å². The summed E-state index contributed by atoms with van der Waals surface area (Å²) in [6.07, 6.45) is 0. The molecular weight excluding hydrogens is 230 g/mol. The van der Waals surface area contributed by atoms with E-state index in [1.165, 1.54) is 16.7 Å². The summed E-state index contributed by atoms with van der Waals surface area (Å²) in [5, 5.41) is 0. The van der Waals surface area contributed by atoms with Gasteiger partial charge >= 0.3 is 0 Å². The minimum absolute atomic E-state index is 0.110. The van der Waals surface area contributed by atoms with Crippen LogP contribution in [-0.2, 0) is 0 Å².